The number of nitrogens with zero attached hydrogens (tertiary/aromatic N) is 2. The summed E-state index contributed by atoms with van der Waals surface area (Å²) < 4.78 is 26.6. The average molecular weight is 459 g/mol. The van der Waals surface area contributed by atoms with E-state index in [9.17, 15) is 18.8 Å². The maximum Gasteiger partial charge on any atom is 0.351 e. The van der Waals surface area contributed by atoms with Crippen LogP contribution in [0.25, 0.3) is 0 Å². The fourth-order valence-electron chi connectivity index (χ4n) is 3.22. The number of ether oxygens (including phenoxy) is 2. The smallest absolute Gasteiger partial charge is 0.351 e. The number of aromatic nitrogens is 2. The highest BCUT2D eigenvalue weighted by molar-refractivity contribution is 6.03. The summed E-state index contributed by atoms with van der Waals surface area (Å²) in [5.41, 5.74) is -2.15. The van der Waals surface area contributed by atoms with Crippen LogP contribution < -0.4 is 11.0 Å². The van der Waals surface area contributed by atoms with Crippen molar-refractivity contribution in [2.75, 3.05) is 11.9 Å². The Balaban J connectivity index is 1.46. The molecule has 170 valence electrons. The summed E-state index contributed by atoms with van der Waals surface area (Å²) in [6.45, 7) is -0.594. The van der Waals surface area contributed by atoms with Gasteiger partial charge in [-0.3, -0.25) is 9.36 Å². The Labute approximate surface area is 193 Å². The molecule has 8 nitrogen and oxygen atoms in total. The minimum atomic E-state index is -1.99. The third-order valence-electron chi connectivity index (χ3n) is 5.03. The van der Waals surface area contributed by atoms with Gasteiger partial charge in [-0.2, -0.15) is 4.98 Å². The molecule has 1 N–H and O–H groups in total. The van der Waals surface area contributed by atoms with Gasteiger partial charge < -0.3 is 14.8 Å². The summed E-state index contributed by atoms with van der Waals surface area (Å²) in [6, 6.07) is 17.9. The lowest BCUT2D eigenvalue weighted by Crippen LogP contribution is -2.37. The van der Waals surface area contributed by atoms with E-state index in [1.165, 1.54) is 12.3 Å². The van der Waals surface area contributed by atoms with Crippen molar-refractivity contribution in [1.29, 1.82) is 0 Å². The molecule has 1 aliphatic rings. The number of anilines is 1. The highest BCUT2D eigenvalue weighted by atomic mass is 19.1. The van der Waals surface area contributed by atoms with Crippen molar-refractivity contribution in [1.82, 2.24) is 9.55 Å². The van der Waals surface area contributed by atoms with Crippen LogP contribution in [0.4, 0.5) is 10.2 Å². The minimum absolute atomic E-state index is 0.0116. The van der Waals surface area contributed by atoms with Crippen LogP contribution in [0.2, 0.25) is 0 Å². The Morgan fingerprint density at radius 1 is 1.12 bits per heavy atom. The molecule has 1 amide bonds. The topological polar surface area (TPSA) is 99.5 Å². The van der Waals surface area contributed by atoms with Crippen molar-refractivity contribution < 1.29 is 23.5 Å². The van der Waals surface area contributed by atoms with Crippen LogP contribution in [0.1, 0.15) is 26.9 Å². The standard InChI is InChI=1S/C25H18FN3O5/c1-2-25(16-33-23(31)18-11-7-4-8-12-18)19(26)15-21(34-25)29-14-13-20(28-24(29)32)27-22(30)17-9-5-3-6-10-17/h1,3-15,21H,16H2,(H,27,28,30,32)/t21-,25-/m0/s1. The number of hydrogen-bond donors (Lipinski definition) is 1. The lowest BCUT2D eigenvalue weighted by molar-refractivity contribution is -0.0676. The van der Waals surface area contributed by atoms with E-state index in [-0.39, 0.29) is 11.4 Å². The van der Waals surface area contributed by atoms with Crippen LogP contribution in [0.3, 0.4) is 0 Å². The molecule has 2 atom stereocenters. The van der Waals surface area contributed by atoms with Crippen LogP contribution in [-0.2, 0) is 9.47 Å². The third kappa shape index (κ3) is 4.62. The Morgan fingerprint density at radius 2 is 1.76 bits per heavy atom. The second-order valence-corrected chi connectivity index (χ2v) is 7.26. The molecule has 0 saturated carbocycles. The van der Waals surface area contributed by atoms with E-state index >= 15 is 0 Å². The predicted molar refractivity (Wildman–Crippen MR) is 120 cm³/mol. The van der Waals surface area contributed by atoms with E-state index in [2.05, 4.69) is 16.2 Å². The van der Waals surface area contributed by atoms with E-state index in [1.807, 2.05) is 0 Å². The Hall–Kier alpha value is -4.55. The lowest BCUT2D eigenvalue weighted by atomic mass is 10.1. The first-order valence-electron chi connectivity index (χ1n) is 10.1. The molecule has 3 aromatic rings. The van der Waals surface area contributed by atoms with E-state index in [0.717, 1.165) is 10.6 Å². The number of terminal acetylenes is 1. The molecular weight excluding hydrogens is 441 g/mol. The first-order chi connectivity index (χ1) is 16.4. The van der Waals surface area contributed by atoms with E-state index in [1.54, 1.807) is 60.7 Å². The SMILES string of the molecule is C#C[C@@]1(COC(=O)c2ccccc2)O[C@H](n2ccc(NC(=O)c3ccccc3)nc2=O)C=C1F. The number of halogens is 1. The van der Waals surface area contributed by atoms with Crippen LogP contribution in [0.5, 0.6) is 0 Å². The summed E-state index contributed by atoms with van der Waals surface area (Å²) >= 11 is 0. The maximum atomic E-state index is 14.8. The largest absolute Gasteiger partial charge is 0.457 e. The molecule has 34 heavy (non-hydrogen) atoms. The number of carbonyl (C=O) groups excluding carboxylic acids is 2. The predicted octanol–water partition coefficient (Wildman–Crippen LogP) is 3.11. The first-order valence-corrected chi connectivity index (χ1v) is 10.1. The molecule has 9 heteroatoms. The zero-order valence-electron chi connectivity index (χ0n) is 17.7. The van der Waals surface area contributed by atoms with Gasteiger partial charge in [0.2, 0.25) is 5.60 Å². The van der Waals surface area contributed by atoms with Gasteiger partial charge in [0.1, 0.15) is 18.3 Å². The molecule has 0 spiro atoms. The van der Waals surface area contributed by atoms with Crippen molar-refractivity contribution in [3.05, 3.63) is 106 Å². The Bertz CT molecular complexity index is 1350. The minimum Gasteiger partial charge on any atom is -0.457 e. The van der Waals surface area contributed by atoms with E-state index in [4.69, 9.17) is 15.9 Å². The van der Waals surface area contributed by atoms with Gasteiger partial charge in [0.25, 0.3) is 5.91 Å². The van der Waals surface area contributed by atoms with Crippen molar-refractivity contribution in [2.24, 2.45) is 0 Å². The zero-order chi connectivity index (χ0) is 24.1. The molecule has 0 radical (unpaired) electrons. The van der Waals surface area contributed by atoms with Gasteiger partial charge in [0.15, 0.2) is 6.23 Å². The van der Waals surface area contributed by atoms with Gasteiger partial charge in [0.05, 0.1) is 5.56 Å². The summed E-state index contributed by atoms with van der Waals surface area (Å²) in [7, 11) is 0. The monoisotopic (exact) mass is 459 g/mol. The molecule has 0 fully saturated rings. The number of benzene rings is 2. The number of hydrogen-bond acceptors (Lipinski definition) is 6. The zero-order valence-corrected chi connectivity index (χ0v) is 17.7. The van der Waals surface area contributed by atoms with Crippen LogP contribution >= 0.6 is 0 Å². The molecular formula is C25H18FN3O5. The highest BCUT2D eigenvalue weighted by Gasteiger charge is 2.45. The molecule has 2 aromatic carbocycles. The average Bonchev–Trinajstić information content (AvgIpc) is 3.19. The summed E-state index contributed by atoms with van der Waals surface area (Å²) in [5.74, 6) is 0.159. The van der Waals surface area contributed by atoms with Crippen molar-refractivity contribution >= 4 is 17.7 Å². The molecule has 0 saturated heterocycles. The molecule has 1 aliphatic heterocycles. The number of amides is 1. The van der Waals surface area contributed by atoms with Crippen molar-refractivity contribution in [2.45, 2.75) is 11.8 Å². The van der Waals surface area contributed by atoms with E-state index in [0.29, 0.717) is 5.56 Å². The Kier molecular flexibility index (Phi) is 6.34. The normalized spacial score (nSPS) is 19.1. The fourth-order valence-corrected chi connectivity index (χ4v) is 3.22. The van der Waals surface area contributed by atoms with Crippen molar-refractivity contribution in [3.8, 4) is 12.3 Å². The van der Waals surface area contributed by atoms with Gasteiger partial charge in [-0.05, 0) is 30.3 Å². The number of nitrogens with one attached hydrogen (secondary N) is 1. The first kappa shape index (κ1) is 22.6. The number of rotatable bonds is 6. The number of carbonyl (C=O) groups is 2. The van der Waals surface area contributed by atoms with Crippen LogP contribution in [0.15, 0.2) is 89.6 Å². The molecule has 0 bridgehead atoms. The van der Waals surface area contributed by atoms with Crippen LogP contribution in [0, 0.1) is 12.3 Å². The van der Waals surface area contributed by atoms with Gasteiger partial charge in [-0.15, -0.1) is 6.42 Å². The van der Waals surface area contributed by atoms with Gasteiger partial charge in [0, 0.05) is 17.8 Å². The molecule has 1 aromatic heterocycles. The summed E-state index contributed by atoms with van der Waals surface area (Å²) in [6.07, 6.45) is 6.55. The molecule has 4 rings (SSSR count). The van der Waals surface area contributed by atoms with Crippen molar-refractivity contribution in [3.63, 3.8) is 0 Å². The van der Waals surface area contributed by atoms with Gasteiger partial charge in [-0.25, -0.2) is 14.0 Å². The lowest BCUT2D eigenvalue weighted by Gasteiger charge is -2.24. The maximum absolute atomic E-state index is 14.8. The molecule has 0 aliphatic carbocycles. The quantitative estimate of drug-likeness (QED) is 0.449. The number of esters is 1. The second kappa shape index (κ2) is 9.52. The third-order valence-corrected chi connectivity index (χ3v) is 5.03. The summed E-state index contributed by atoms with van der Waals surface area (Å²) in [4.78, 5) is 40.8. The molecule has 2 heterocycles. The molecule has 0 unspecified atom stereocenters. The van der Waals surface area contributed by atoms with E-state index < -0.39 is 41.8 Å². The fraction of sp³-hybridized carbons (Fsp3) is 0.120. The second-order valence-electron chi connectivity index (χ2n) is 7.26. The van der Waals surface area contributed by atoms with Gasteiger partial charge >= 0.3 is 11.7 Å². The summed E-state index contributed by atoms with van der Waals surface area (Å²) in [5, 5.41) is 2.52. The van der Waals surface area contributed by atoms with Gasteiger partial charge in [-0.1, -0.05) is 42.3 Å². The highest BCUT2D eigenvalue weighted by Crippen LogP contribution is 2.36. The van der Waals surface area contributed by atoms with Crippen LogP contribution in [-0.4, -0.2) is 33.6 Å². The Morgan fingerprint density at radius 3 is 2.38 bits per heavy atom.